The molecule has 0 aromatic heterocycles. The molecule has 2 bridgehead atoms. The summed E-state index contributed by atoms with van der Waals surface area (Å²) >= 11 is 0. The van der Waals surface area contributed by atoms with E-state index in [0.29, 0.717) is 0 Å². The molecule has 0 atom stereocenters. The monoisotopic (exact) mass is 285 g/mol. The van der Waals surface area contributed by atoms with Gasteiger partial charge in [-0.15, -0.1) is 0 Å². The standard InChI is InChI=1S/C13H31N5Si/c1-6-18(7-2)19-14(3)8-11-17(12-9-15(19)4)13-10-16(19)5/h6-13H2,1-5H3. The Morgan fingerprint density at radius 1 is 0.737 bits per heavy atom. The van der Waals surface area contributed by atoms with Crippen LogP contribution in [0.15, 0.2) is 0 Å². The van der Waals surface area contributed by atoms with Crippen LogP contribution in [0.3, 0.4) is 0 Å². The topological polar surface area (TPSA) is 16.2 Å². The summed E-state index contributed by atoms with van der Waals surface area (Å²) in [6, 6.07) is 0. The lowest BCUT2D eigenvalue weighted by Crippen LogP contribution is -2.84. The maximum Gasteiger partial charge on any atom is 0.376 e. The first-order chi connectivity index (χ1) is 9.07. The fourth-order valence-corrected chi connectivity index (χ4v) is 9.15. The first-order valence-corrected chi connectivity index (χ1v) is 9.47. The second-order valence-corrected chi connectivity index (χ2v) is 10.0. The third-order valence-corrected chi connectivity index (χ3v) is 10.2. The summed E-state index contributed by atoms with van der Waals surface area (Å²) in [6.45, 7) is 14.2. The van der Waals surface area contributed by atoms with E-state index in [9.17, 15) is 0 Å². The maximum atomic E-state index is 2.73. The van der Waals surface area contributed by atoms with Crippen LogP contribution in [0.2, 0.25) is 0 Å². The summed E-state index contributed by atoms with van der Waals surface area (Å²) in [7, 11) is 5.16. The van der Waals surface area contributed by atoms with Crippen molar-refractivity contribution in [1.29, 1.82) is 0 Å². The third kappa shape index (κ3) is 2.50. The highest BCUT2D eigenvalue weighted by Gasteiger charge is 2.53. The van der Waals surface area contributed by atoms with E-state index >= 15 is 0 Å². The summed E-state index contributed by atoms with van der Waals surface area (Å²) in [5.74, 6) is 0. The second kappa shape index (κ2) is 6.20. The van der Waals surface area contributed by atoms with Gasteiger partial charge >= 0.3 is 8.72 Å². The predicted molar refractivity (Wildman–Crippen MR) is 83.0 cm³/mol. The Hall–Kier alpha value is 0.0169. The molecule has 112 valence electrons. The predicted octanol–water partition coefficient (Wildman–Crippen LogP) is -0.112. The van der Waals surface area contributed by atoms with Gasteiger partial charge in [0.05, 0.1) is 0 Å². The molecule has 0 unspecified atom stereocenters. The highest BCUT2D eigenvalue weighted by molar-refractivity contribution is 6.68. The van der Waals surface area contributed by atoms with Crippen LogP contribution >= 0.6 is 0 Å². The Labute approximate surface area is 120 Å². The molecular weight excluding hydrogens is 254 g/mol. The first-order valence-electron chi connectivity index (χ1n) is 7.68. The molecule has 0 aromatic rings. The lowest BCUT2D eigenvalue weighted by Gasteiger charge is -2.58. The van der Waals surface area contributed by atoms with Gasteiger partial charge in [-0.3, -0.25) is 23.2 Å². The molecule has 5 nitrogen and oxygen atoms in total. The third-order valence-electron chi connectivity index (χ3n) is 4.98. The first kappa shape index (κ1) is 15.4. The summed E-state index contributed by atoms with van der Waals surface area (Å²) in [4.78, 5) is 2.61. The molecule has 3 saturated heterocycles. The summed E-state index contributed by atoms with van der Waals surface area (Å²) in [6.07, 6.45) is 0. The number of nitrogens with zero attached hydrogens (tertiary/aromatic N) is 5. The van der Waals surface area contributed by atoms with E-state index in [2.05, 4.69) is 58.2 Å². The van der Waals surface area contributed by atoms with Crippen LogP contribution in [0, 0.1) is 0 Å². The Balaban J connectivity index is 2.43. The summed E-state index contributed by atoms with van der Waals surface area (Å²) < 4.78 is 10.7. The minimum atomic E-state index is -1.86. The summed E-state index contributed by atoms with van der Waals surface area (Å²) in [5, 5.41) is 0. The van der Waals surface area contributed by atoms with E-state index in [4.69, 9.17) is 0 Å². The van der Waals surface area contributed by atoms with Crippen molar-refractivity contribution >= 4 is 8.72 Å². The van der Waals surface area contributed by atoms with Crippen LogP contribution in [-0.2, 0) is 0 Å². The molecule has 3 aliphatic rings. The molecule has 3 aliphatic heterocycles. The molecule has 3 rings (SSSR count). The lowest BCUT2D eigenvalue weighted by atomic mass is 10.4. The molecular formula is C13H31N5Si. The normalized spacial score (nSPS) is 35.4. The van der Waals surface area contributed by atoms with Crippen molar-refractivity contribution in [2.75, 3.05) is 73.5 Å². The van der Waals surface area contributed by atoms with Gasteiger partial charge in [0.15, 0.2) is 0 Å². The van der Waals surface area contributed by atoms with Gasteiger partial charge in [0.25, 0.3) is 0 Å². The quantitative estimate of drug-likeness (QED) is 0.671. The molecule has 3 heterocycles. The van der Waals surface area contributed by atoms with Crippen molar-refractivity contribution in [3.8, 4) is 0 Å². The Bertz CT molecular complexity index is 261. The van der Waals surface area contributed by atoms with Crippen molar-refractivity contribution in [3.63, 3.8) is 0 Å². The van der Waals surface area contributed by atoms with Crippen LogP contribution in [0.5, 0.6) is 0 Å². The van der Waals surface area contributed by atoms with E-state index in [1.165, 1.54) is 39.3 Å². The molecule has 0 amide bonds. The summed E-state index contributed by atoms with van der Waals surface area (Å²) in [5.41, 5.74) is 0. The van der Waals surface area contributed by atoms with Gasteiger partial charge in [-0.1, -0.05) is 13.8 Å². The van der Waals surface area contributed by atoms with Crippen LogP contribution in [0.1, 0.15) is 13.8 Å². The fourth-order valence-electron chi connectivity index (χ4n) is 3.91. The number of likely N-dealkylation sites (N-methyl/N-ethyl adjacent to an activating group) is 3. The molecule has 0 aromatic carbocycles. The second-order valence-electron chi connectivity index (χ2n) is 5.88. The average Bonchev–Trinajstić information content (AvgIpc) is 2.39. The molecule has 0 spiro atoms. The Morgan fingerprint density at radius 2 is 1.11 bits per heavy atom. The van der Waals surface area contributed by atoms with Gasteiger partial charge in [0, 0.05) is 39.3 Å². The van der Waals surface area contributed by atoms with Crippen LogP contribution in [-0.4, -0.2) is 105 Å². The average molecular weight is 286 g/mol. The molecule has 0 radical (unpaired) electrons. The largest absolute Gasteiger partial charge is 0.376 e. The van der Waals surface area contributed by atoms with E-state index in [1.54, 1.807) is 0 Å². The number of fused-ring (bicyclic) bond motifs is 6. The van der Waals surface area contributed by atoms with E-state index in [1.807, 2.05) is 0 Å². The minimum Gasteiger partial charge on any atom is -0.300 e. The lowest BCUT2D eigenvalue weighted by molar-refractivity contribution is 0.120. The molecule has 19 heavy (non-hydrogen) atoms. The van der Waals surface area contributed by atoms with Gasteiger partial charge < -0.3 is 0 Å². The van der Waals surface area contributed by atoms with Crippen LogP contribution < -0.4 is 0 Å². The number of rotatable bonds is 3. The fraction of sp³-hybridized carbons (Fsp3) is 1.00. The molecule has 3 fully saturated rings. The Morgan fingerprint density at radius 3 is 1.42 bits per heavy atom. The zero-order chi connectivity index (χ0) is 14.0. The van der Waals surface area contributed by atoms with E-state index in [-0.39, 0.29) is 0 Å². The molecule has 0 N–H and O–H groups in total. The van der Waals surface area contributed by atoms with Gasteiger partial charge in [0.2, 0.25) is 0 Å². The maximum absolute atomic E-state index is 2.73. The van der Waals surface area contributed by atoms with Gasteiger partial charge in [-0.2, -0.15) is 0 Å². The van der Waals surface area contributed by atoms with E-state index in [0.717, 1.165) is 13.1 Å². The Kier molecular flexibility index (Phi) is 5.02. The molecule has 6 heteroatoms. The molecule has 0 saturated carbocycles. The van der Waals surface area contributed by atoms with Gasteiger partial charge in [0.1, 0.15) is 0 Å². The highest BCUT2D eigenvalue weighted by atomic mass is 28.4. The SMILES string of the molecule is CCN(CC)[Si]12N(C)CCN(CCN1C)CCN2C. The zero-order valence-corrected chi connectivity index (χ0v) is 14.4. The minimum absolute atomic E-state index is 1.14. The smallest absolute Gasteiger partial charge is 0.300 e. The van der Waals surface area contributed by atoms with Crippen LogP contribution in [0.4, 0.5) is 0 Å². The number of hydrogen-bond acceptors (Lipinski definition) is 5. The van der Waals surface area contributed by atoms with E-state index < -0.39 is 8.72 Å². The van der Waals surface area contributed by atoms with Crippen molar-refractivity contribution < 1.29 is 0 Å². The van der Waals surface area contributed by atoms with Crippen molar-refractivity contribution in [2.24, 2.45) is 0 Å². The number of hydrogen-bond donors (Lipinski definition) is 0. The highest BCUT2D eigenvalue weighted by Crippen LogP contribution is 2.24. The zero-order valence-electron chi connectivity index (χ0n) is 13.4. The van der Waals surface area contributed by atoms with Crippen LogP contribution in [0.25, 0.3) is 0 Å². The van der Waals surface area contributed by atoms with Gasteiger partial charge in [-0.05, 0) is 34.2 Å². The molecule has 0 aliphatic carbocycles. The van der Waals surface area contributed by atoms with Gasteiger partial charge in [-0.25, -0.2) is 0 Å². The van der Waals surface area contributed by atoms with Crippen molar-refractivity contribution in [1.82, 2.24) is 23.2 Å². The van der Waals surface area contributed by atoms with Crippen molar-refractivity contribution in [2.45, 2.75) is 13.8 Å². The van der Waals surface area contributed by atoms with Crippen molar-refractivity contribution in [3.05, 3.63) is 0 Å².